The van der Waals surface area contributed by atoms with Gasteiger partial charge in [-0.05, 0) is 37.6 Å². The van der Waals surface area contributed by atoms with Crippen LogP contribution in [-0.2, 0) is 9.59 Å². The molecular weight excluding hydrogens is 288 g/mol. The summed E-state index contributed by atoms with van der Waals surface area (Å²) in [4.78, 5) is 36.6. The first-order valence-corrected chi connectivity index (χ1v) is 7.88. The summed E-state index contributed by atoms with van der Waals surface area (Å²) in [7, 11) is 0. The highest BCUT2D eigenvalue weighted by Gasteiger charge is 2.54. The highest BCUT2D eigenvalue weighted by atomic mass is 32.2. The molecular formula is C15H16N2O3S. The van der Waals surface area contributed by atoms with Crippen LogP contribution in [0, 0.1) is 0 Å². The third-order valence-corrected chi connectivity index (χ3v) is 5.45. The van der Waals surface area contributed by atoms with Crippen molar-refractivity contribution >= 4 is 35.0 Å². The van der Waals surface area contributed by atoms with Crippen LogP contribution in [0.4, 0.5) is 5.69 Å². The number of Topliss-reactive ketones (excluding diaryl/α,β-unsaturated/α-hetero) is 1. The molecule has 0 aromatic heterocycles. The second-order valence-corrected chi connectivity index (χ2v) is 6.64. The van der Waals surface area contributed by atoms with E-state index < -0.39 is 4.87 Å². The number of hydrogen-bond acceptors (Lipinski definition) is 4. The molecule has 2 fully saturated rings. The summed E-state index contributed by atoms with van der Waals surface area (Å²) in [6.45, 7) is 2.14. The van der Waals surface area contributed by atoms with E-state index in [9.17, 15) is 14.4 Å². The molecule has 2 aliphatic heterocycles. The van der Waals surface area contributed by atoms with E-state index in [1.54, 1.807) is 29.2 Å². The Kier molecular flexibility index (Phi) is 3.49. The Balaban J connectivity index is 1.77. The number of nitrogens with zero attached hydrogens (tertiary/aromatic N) is 1. The van der Waals surface area contributed by atoms with Crippen molar-refractivity contribution in [1.82, 2.24) is 4.90 Å². The van der Waals surface area contributed by atoms with Crippen molar-refractivity contribution in [2.24, 2.45) is 0 Å². The number of carbonyl (C=O) groups excluding carboxylic acids is 3. The summed E-state index contributed by atoms with van der Waals surface area (Å²) >= 11 is 1.54. The van der Waals surface area contributed by atoms with Gasteiger partial charge >= 0.3 is 0 Å². The van der Waals surface area contributed by atoms with Gasteiger partial charge in [-0.2, -0.15) is 0 Å². The van der Waals surface area contributed by atoms with Gasteiger partial charge in [0.1, 0.15) is 0 Å². The van der Waals surface area contributed by atoms with E-state index >= 15 is 0 Å². The van der Waals surface area contributed by atoms with Gasteiger partial charge in [-0.15, -0.1) is 11.8 Å². The second-order valence-electron chi connectivity index (χ2n) is 5.27. The molecule has 3 rings (SSSR count). The van der Waals surface area contributed by atoms with E-state index in [0.717, 1.165) is 5.75 Å². The minimum atomic E-state index is -0.740. The molecule has 0 unspecified atom stereocenters. The Hall–Kier alpha value is -1.82. The number of hydrogen-bond donors (Lipinski definition) is 1. The lowest BCUT2D eigenvalue weighted by molar-refractivity contribution is -0.133. The Morgan fingerprint density at radius 3 is 2.67 bits per heavy atom. The molecule has 110 valence electrons. The van der Waals surface area contributed by atoms with E-state index in [-0.39, 0.29) is 17.6 Å². The van der Waals surface area contributed by atoms with Gasteiger partial charge in [-0.3, -0.25) is 14.4 Å². The fourth-order valence-electron chi connectivity index (χ4n) is 2.83. The number of nitrogens with one attached hydrogen (secondary N) is 1. The van der Waals surface area contributed by atoms with Gasteiger partial charge in [0, 0.05) is 30.0 Å². The van der Waals surface area contributed by atoms with Crippen molar-refractivity contribution in [2.45, 2.75) is 24.6 Å². The number of carbonyl (C=O) groups is 3. The molecule has 0 saturated carbocycles. The number of rotatable bonds is 3. The average molecular weight is 304 g/mol. The normalized spacial score (nSPS) is 24.0. The summed E-state index contributed by atoms with van der Waals surface area (Å²) < 4.78 is 0. The maximum atomic E-state index is 12.6. The highest BCUT2D eigenvalue weighted by molar-refractivity contribution is 8.01. The summed E-state index contributed by atoms with van der Waals surface area (Å²) in [5, 5.41) is 2.87. The van der Waals surface area contributed by atoms with Gasteiger partial charge in [0.25, 0.3) is 5.91 Å². The molecule has 1 N–H and O–H groups in total. The molecule has 1 aromatic carbocycles. The number of fused-ring (bicyclic) bond motifs is 1. The van der Waals surface area contributed by atoms with Crippen LogP contribution >= 0.6 is 11.8 Å². The molecule has 2 amide bonds. The van der Waals surface area contributed by atoms with Gasteiger partial charge in [0.15, 0.2) is 10.7 Å². The maximum Gasteiger partial charge on any atom is 0.260 e. The molecule has 0 aliphatic carbocycles. The Morgan fingerprint density at radius 1 is 1.29 bits per heavy atom. The van der Waals surface area contributed by atoms with Crippen LogP contribution in [0.1, 0.15) is 30.1 Å². The Bertz CT molecular complexity index is 614. The standard InChI is InChI=1S/C15H16N2O3S/c1-10(18)11-2-4-12(5-3-11)16-14(20)15-7-6-13(19)17(15)8-9-21-15/h2-5H,6-9H2,1H3,(H,16,20)/t15-/m1/s1. The molecule has 2 heterocycles. The first kappa shape index (κ1) is 14.1. The van der Waals surface area contributed by atoms with Crippen LogP contribution in [0.3, 0.4) is 0 Å². The second kappa shape index (κ2) is 5.18. The summed E-state index contributed by atoms with van der Waals surface area (Å²) in [5.74, 6) is 0.696. The van der Waals surface area contributed by atoms with Gasteiger partial charge < -0.3 is 10.2 Å². The molecule has 1 atom stereocenters. The first-order valence-electron chi connectivity index (χ1n) is 6.90. The van der Waals surface area contributed by atoms with Crippen LogP contribution in [0.5, 0.6) is 0 Å². The summed E-state index contributed by atoms with van der Waals surface area (Å²) in [6.07, 6.45) is 0.998. The van der Waals surface area contributed by atoms with E-state index in [1.165, 1.54) is 18.7 Å². The van der Waals surface area contributed by atoms with Crippen molar-refractivity contribution in [1.29, 1.82) is 0 Å². The van der Waals surface area contributed by atoms with Crippen LogP contribution in [0.2, 0.25) is 0 Å². The largest absolute Gasteiger partial charge is 0.323 e. The van der Waals surface area contributed by atoms with Crippen LogP contribution in [-0.4, -0.2) is 39.7 Å². The van der Waals surface area contributed by atoms with Crippen molar-refractivity contribution < 1.29 is 14.4 Å². The molecule has 5 nitrogen and oxygen atoms in total. The highest BCUT2D eigenvalue weighted by Crippen LogP contribution is 2.45. The zero-order chi connectivity index (χ0) is 15.0. The fourth-order valence-corrected chi connectivity index (χ4v) is 4.22. The number of amides is 2. The lowest BCUT2D eigenvalue weighted by atomic mass is 10.1. The van der Waals surface area contributed by atoms with Crippen LogP contribution < -0.4 is 5.32 Å². The summed E-state index contributed by atoms with van der Waals surface area (Å²) in [5.41, 5.74) is 1.25. The Labute approximate surface area is 127 Å². The molecule has 21 heavy (non-hydrogen) atoms. The number of ketones is 1. The smallest absolute Gasteiger partial charge is 0.260 e. The minimum Gasteiger partial charge on any atom is -0.323 e. The van der Waals surface area contributed by atoms with Gasteiger partial charge in [-0.1, -0.05) is 0 Å². The number of anilines is 1. The topological polar surface area (TPSA) is 66.5 Å². The third-order valence-electron chi connectivity index (χ3n) is 3.97. The third kappa shape index (κ3) is 2.33. The first-order chi connectivity index (χ1) is 10.0. The SMILES string of the molecule is CC(=O)c1ccc(NC(=O)[C@]23CCC(=O)N2CCS3)cc1. The predicted molar refractivity (Wildman–Crippen MR) is 81.2 cm³/mol. The zero-order valence-electron chi connectivity index (χ0n) is 11.7. The van der Waals surface area contributed by atoms with E-state index in [4.69, 9.17) is 0 Å². The van der Waals surface area contributed by atoms with Crippen LogP contribution in [0.25, 0.3) is 0 Å². The van der Waals surface area contributed by atoms with Crippen LogP contribution in [0.15, 0.2) is 24.3 Å². The number of thioether (sulfide) groups is 1. The van der Waals surface area contributed by atoms with Crippen molar-refractivity contribution in [3.63, 3.8) is 0 Å². The molecule has 1 aromatic rings. The average Bonchev–Trinajstić information content (AvgIpc) is 3.02. The molecule has 2 saturated heterocycles. The van der Waals surface area contributed by atoms with Crippen molar-refractivity contribution in [2.75, 3.05) is 17.6 Å². The van der Waals surface area contributed by atoms with Crippen molar-refractivity contribution in [3.05, 3.63) is 29.8 Å². The van der Waals surface area contributed by atoms with E-state index in [1.807, 2.05) is 0 Å². The monoisotopic (exact) mass is 304 g/mol. The van der Waals surface area contributed by atoms with Crippen molar-refractivity contribution in [3.8, 4) is 0 Å². The number of benzene rings is 1. The zero-order valence-corrected chi connectivity index (χ0v) is 12.5. The fraction of sp³-hybridized carbons (Fsp3) is 0.400. The lowest BCUT2D eigenvalue weighted by Crippen LogP contribution is -2.48. The molecule has 2 aliphatic rings. The Morgan fingerprint density at radius 2 is 2.00 bits per heavy atom. The van der Waals surface area contributed by atoms with E-state index in [2.05, 4.69) is 5.32 Å². The van der Waals surface area contributed by atoms with Gasteiger partial charge in [-0.25, -0.2) is 0 Å². The molecule has 6 heteroatoms. The van der Waals surface area contributed by atoms with E-state index in [0.29, 0.717) is 30.6 Å². The lowest BCUT2D eigenvalue weighted by Gasteiger charge is -2.29. The minimum absolute atomic E-state index is 0.00890. The maximum absolute atomic E-state index is 12.6. The molecule has 0 radical (unpaired) electrons. The predicted octanol–water partition coefficient (Wildman–Crippen LogP) is 1.89. The summed E-state index contributed by atoms with van der Waals surface area (Å²) in [6, 6.07) is 6.81. The van der Waals surface area contributed by atoms with Gasteiger partial charge in [0.05, 0.1) is 0 Å². The molecule has 0 spiro atoms. The molecule has 0 bridgehead atoms. The van der Waals surface area contributed by atoms with Gasteiger partial charge in [0.2, 0.25) is 5.91 Å². The quantitative estimate of drug-likeness (QED) is 0.866.